The molecule has 1 aliphatic rings. The van der Waals surface area contributed by atoms with Crippen LogP contribution in [0.2, 0.25) is 0 Å². The molecule has 0 bridgehead atoms. The number of aliphatic imine (C=N–C) groups is 1. The first-order valence-electron chi connectivity index (χ1n) is 7.65. The lowest BCUT2D eigenvalue weighted by Gasteiger charge is -2.21. The summed E-state index contributed by atoms with van der Waals surface area (Å²) < 4.78 is 25.8. The third-order valence-electron chi connectivity index (χ3n) is 3.89. The molecule has 4 rings (SSSR count). The summed E-state index contributed by atoms with van der Waals surface area (Å²) in [6.07, 6.45) is 1.13. The Balaban J connectivity index is 1.90. The highest BCUT2D eigenvalue weighted by Crippen LogP contribution is 2.34. The van der Waals surface area contributed by atoms with E-state index in [2.05, 4.69) is 20.6 Å². The summed E-state index contributed by atoms with van der Waals surface area (Å²) in [7, 11) is -3.52. The zero-order valence-corrected chi connectivity index (χ0v) is 14.2. The molecule has 2 heterocycles. The predicted molar refractivity (Wildman–Crippen MR) is 95.5 cm³/mol. The van der Waals surface area contributed by atoms with E-state index in [-0.39, 0.29) is 5.17 Å². The summed E-state index contributed by atoms with van der Waals surface area (Å²) in [4.78, 5) is 4.37. The minimum absolute atomic E-state index is 0.0895. The van der Waals surface area contributed by atoms with E-state index in [0.717, 1.165) is 17.5 Å². The summed E-state index contributed by atoms with van der Waals surface area (Å²) >= 11 is 0. The topological polar surface area (TPSA) is 89.2 Å². The maximum absolute atomic E-state index is 12.1. The van der Waals surface area contributed by atoms with Crippen LogP contribution in [-0.2, 0) is 9.84 Å². The van der Waals surface area contributed by atoms with Gasteiger partial charge in [-0.2, -0.15) is 4.68 Å². The molecule has 7 nitrogen and oxygen atoms in total. The van der Waals surface area contributed by atoms with Gasteiger partial charge in [0.05, 0.1) is 5.69 Å². The van der Waals surface area contributed by atoms with Crippen LogP contribution in [0.3, 0.4) is 0 Å². The SMILES string of the molecule is CS(=O)(=O)C1=NC(c2ccccc2)c2nnn(-c3ccccc3)c2N1. The number of anilines is 1. The van der Waals surface area contributed by atoms with E-state index in [4.69, 9.17) is 0 Å². The quantitative estimate of drug-likeness (QED) is 0.763. The number of para-hydroxylation sites is 1. The third-order valence-corrected chi connectivity index (χ3v) is 4.80. The average Bonchev–Trinajstić information content (AvgIpc) is 3.06. The second kappa shape index (κ2) is 5.82. The lowest BCUT2D eigenvalue weighted by atomic mass is 10.0. The number of amidine groups is 1. The smallest absolute Gasteiger partial charge is 0.222 e. The summed E-state index contributed by atoms with van der Waals surface area (Å²) in [6.45, 7) is 0. The van der Waals surface area contributed by atoms with E-state index in [1.807, 2.05) is 60.7 Å². The standard InChI is InChI=1S/C17H15N5O2S/c1-25(23,24)17-18-14(12-8-4-2-5-9-12)15-16(19-17)22(21-20-15)13-10-6-3-7-11-13/h2-11,14H,1H3,(H,18,19). The first kappa shape index (κ1) is 15.5. The van der Waals surface area contributed by atoms with Gasteiger partial charge in [0.2, 0.25) is 15.0 Å². The van der Waals surface area contributed by atoms with Crippen molar-refractivity contribution in [1.29, 1.82) is 0 Å². The van der Waals surface area contributed by atoms with E-state index < -0.39 is 15.9 Å². The van der Waals surface area contributed by atoms with Gasteiger partial charge in [-0.3, -0.25) is 0 Å². The highest BCUT2D eigenvalue weighted by molar-refractivity contribution is 8.06. The van der Waals surface area contributed by atoms with Crippen molar-refractivity contribution in [2.45, 2.75) is 6.04 Å². The normalized spacial score (nSPS) is 16.7. The van der Waals surface area contributed by atoms with Crippen LogP contribution < -0.4 is 5.32 Å². The van der Waals surface area contributed by atoms with Crippen LogP contribution in [-0.4, -0.2) is 34.8 Å². The predicted octanol–water partition coefficient (Wildman–Crippen LogP) is 2.18. The minimum atomic E-state index is -3.52. The van der Waals surface area contributed by atoms with Crippen molar-refractivity contribution in [2.24, 2.45) is 4.99 Å². The molecule has 126 valence electrons. The molecule has 1 aliphatic heterocycles. The molecule has 3 aromatic rings. The van der Waals surface area contributed by atoms with Crippen LogP contribution in [0, 0.1) is 0 Å². The second-order valence-electron chi connectivity index (χ2n) is 5.72. The molecular weight excluding hydrogens is 338 g/mol. The Kier molecular flexibility index (Phi) is 3.61. The molecule has 1 aromatic heterocycles. The van der Waals surface area contributed by atoms with Crippen LogP contribution in [0.25, 0.3) is 5.69 Å². The molecule has 0 saturated heterocycles. The van der Waals surface area contributed by atoms with Crippen molar-refractivity contribution >= 4 is 20.8 Å². The van der Waals surface area contributed by atoms with Crippen LogP contribution in [0.1, 0.15) is 17.3 Å². The molecule has 8 heteroatoms. The second-order valence-corrected chi connectivity index (χ2v) is 7.65. The van der Waals surface area contributed by atoms with Gasteiger partial charge in [-0.1, -0.05) is 53.7 Å². The first-order valence-corrected chi connectivity index (χ1v) is 9.54. The molecule has 1 N–H and O–H groups in total. The fourth-order valence-corrected chi connectivity index (χ4v) is 3.29. The molecule has 0 amide bonds. The number of nitrogens with one attached hydrogen (secondary N) is 1. The average molecular weight is 353 g/mol. The molecule has 25 heavy (non-hydrogen) atoms. The number of fused-ring (bicyclic) bond motifs is 1. The molecule has 2 aromatic carbocycles. The van der Waals surface area contributed by atoms with E-state index in [9.17, 15) is 8.42 Å². The van der Waals surface area contributed by atoms with E-state index in [1.54, 1.807) is 4.68 Å². The maximum Gasteiger partial charge on any atom is 0.222 e. The van der Waals surface area contributed by atoms with E-state index in [0.29, 0.717) is 11.5 Å². The van der Waals surface area contributed by atoms with Crippen molar-refractivity contribution < 1.29 is 8.42 Å². The Hall–Kier alpha value is -3.00. The van der Waals surface area contributed by atoms with Gasteiger partial charge in [0.15, 0.2) is 5.82 Å². The lowest BCUT2D eigenvalue weighted by Crippen LogP contribution is -2.29. The van der Waals surface area contributed by atoms with Crippen LogP contribution in [0.15, 0.2) is 65.7 Å². The largest absolute Gasteiger partial charge is 0.314 e. The Morgan fingerprint density at radius 3 is 2.28 bits per heavy atom. The summed E-state index contributed by atoms with van der Waals surface area (Å²) in [5, 5.41) is 11.2. The molecular formula is C17H15N5O2S. The monoisotopic (exact) mass is 353 g/mol. The fraction of sp³-hybridized carbons (Fsp3) is 0.118. The zero-order chi connectivity index (χ0) is 17.4. The minimum Gasteiger partial charge on any atom is -0.314 e. The Morgan fingerprint density at radius 1 is 1.00 bits per heavy atom. The van der Waals surface area contributed by atoms with Gasteiger partial charge < -0.3 is 5.32 Å². The van der Waals surface area contributed by atoms with Crippen LogP contribution in [0.5, 0.6) is 0 Å². The van der Waals surface area contributed by atoms with Crippen molar-refractivity contribution in [3.8, 4) is 5.69 Å². The number of hydrogen-bond donors (Lipinski definition) is 1. The molecule has 0 aliphatic carbocycles. The fourth-order valence-electron chi connectivity index (χ4n) is 2.71. The number of benzene rings is 2. The Labute approximate surface area is 145 Å². The van der Waals surface area contributed by atoms with E-state index >= 15 is 0 Å². The van der Waals surface area contributed by atoms with Gasteiger partial charge in [0, 0.05) is 6.26 Å². The highest BCUT2D eigenvalue weighted by atomic mass is 32.2. The van der Waals surface area contributed by atoms with Gasteiger partial charge >= 0.3 is 0 Å². The maximum atomic E-state index is 12.1. The summed E-state index contributed by atoms with van der Waals surface area (Å²) in [5.41, 5.74) is 2.22. The number of hydrogen-bond acceptors (Lipinski definition) is 6. The zero-order valence-electron chi connectivity index (χ0n) is 13.4. The number of aromatic nitrogens is 3. The molecule has 1 atom stereocenters. The summed E-state index contributed by atoms with van der Waals surface area (Å²) in [5.74, 6) is 0.510. The number of rotatable bonds is 2. The van der Waals surface area contributed by atoms with Crippen molar-refractivity contribution in [2.75, 3.05) is 11.6 Å². The molecule has 0 radical (unpaired) electrons. The van der Waals surface area contributed by atoms with Crippen LogP contribution in [0.4, 0.5) is 5.82 Å². The third kappa shape index (κ3) is 2.80. The van der Waals surface area contributed by atoms with Gasteiger partial charge in [-0.15, -0.1) is 5.10 Å². The summed E-state index contributed by atoms with van der Waals surface area (Å²) in [6, 6.07) is 18.3. The Bertz CT molecular complexity index is 1040. The molecule has 0 fully saturated rings. The molecule has 0 spiro atoms. The van der Waals surface area contributed by atoms with Crippen molar-refractivity contribution in [3.05, 3.63) is 71.9 Å². The van der Waals surface area contributed by atoms with Gasteiger partial charge in [-0.25, -0.2) is 13.4 Å². The van der Waals surface area contributed by atoms with E-state index in [1.165, 1.54) is 0 Å². The van der Waals surface area contributed by atoms with Gasteiger partial charge in [0.25, 0.3) is 0 Å². The number of sulfone groups is 1. The molecule has 1 unspecified atom stereocenters. The lowest BCUT2D eigenvalue weighted by molar-refractivity contribution is 0.611. The van der Waals surface area contributed by atoms with Crippen LogP contribution >= 0.6 is 0 Å². The number of nitrogens with zero attached hydrogens (tertiary/aromatic N) is 4. The highest BCUT2D eigenvalue weighted by Gasteiger charge is 2.32. The van der Waals surface area contributed by atoms with Crippen molar-refractivity contribution in [1.82, 2.24) is 15.0 Å². The van der Waals surface area contributed by atoms with Gasteiger partial charge in [-0.05, 0) is 17.7 Å². The molecule has 0 saturated carbocycles. The van der Waals surface area contributed by atoms with Crippen molar-refractivity contribution in [3.63, 3.8) is 0 Å². The Morgan fingerprint density at radius 2 is 1.64 bits per heavy atom. The first-order chi connectivity index (χ1) is 12.0. The van der Waals surface area contributed by atoms with Gasteiger partial charge in [0.1, 0.15) is 11.7 Å².